The molecule has 8 heteroatoms. The van der Waals surface area contributed by atoms with Gasteiger partial charge < -0.3 is 9.64 Å². The van der Waals surface area contributed by atoms with Crippen molar-refractivity contribution in [1.82, 2.24) is 24.4 Å². The quantitative estimate of drug-likeness (QED) is 0.835. The molecular formula is C16H19N5O3. The third-order valence-electron chi connectivity index (χ3n) is 4.72. The Balaban J connectivity index is 1.38. The van der Waals surface area contributed by atoms with Crippen LogP contribution in [-0.2, 0) is 9.53 Å². The van der Waals surface area contributed by atoms with Gasteiger partial charge in [-0.15, -0.1) is 10.2 Å². The zero-order valence-electron chi connectivity index (χ0n) is 13.3. The van der Waals surface area contributed by atoms with Crippen molar-refractivity contribution in [3.05, 3.63) is 30.2 Å². The molecule has 8 nitrogen and oxygen atoms in total. The molecule has 0 aromatic carbocycles. The number of aromatic nitrogens is 3. The molecule has 0 saturated carbocycles. The molecule has 4 rings (SSSR count). The molecule has 2 aliphatic heterocycles. The average molecular weight is 329 g/mol. The number of likely N-dealkylation sites (tertiary alicyclic amines) is 1. The number of hydrogen-bond donors (Lipinski definition) is 0. The molecule has 24 heavy (non-hydrogen) atoms. The lowest BCUT2D eigenvalue weighted by Crippen LogP contribution is -2.44. The van der Waals surface area contributed by atoms with E-state index in [4.69, 9.17) is 4.74 Å². The van der Waals surface area contributed by atoms with E-state index in [9.17, 15) is 9.59 Å². The Morgan fingerprint density at radius 1 is 1.21 bits per heavy atom. The molecule has 0 bridgehead atoms. The van der Waals surface area contributed by atoms with Gasteiger partial charge in [0.2, 0.25) is 5.91 Å². The van der Waals surface area contributed by atoms with Crippen LogP contribution >= 0.6 is 0 Å². The van der Waals surface area contributed by atoms with E-state index >= 15 is 0 Å². The van der Waals surface area contributed by atoms with E-state index in [2.05, 4.69) is 10.2 Å². The van der Waals surface area contributed by atoms with Gasteiger partial charge >= 0.3 is 6.09 Å². The summed E-state index contributed by atoms with van der Waals surface area (Å²) < 4.78 is 6.88. The van der Waals surface area contributed by atoms with Crippen LogP contribution in [0, 0.1) is 0 Å². The van der Waals surface area contributed by atoms with E-state index in [-0.39, 0.29) is 12.5 Å². The van der Waals surface area contributed by atoms with Gasteiger partial charge in [-0.25, -0.2) is 4.79 Å². The summed E-state index contributed by atoms with van der Waals surface area (Å²) in [5.74, 6) is 1.24. The monoisotopic (exact) mass is 329 g/mol. The van der Waals surface area contributed by atoms with Gasteiger partial charge in [-0.3, -0.25) is 14.1 Å². The number of hydrogen-bond acceptors (Lipinski definition) is 5. The summed E-state index contributed by atoms with van der Waals surface area (Å²) in [6.45, 7) is 2.32. The van der Waals surface area contributed by atoms with Crippen molar-refractivity contribution in [2.75, 3.05) is 32.8 Å². The van der Waals surface area contributed by atoms with Crippen molar-refractivity contribution in [2.24, 2.45) is 0 Å². The summed E-state index contributed by atoms with van der Waals surface area (Å²) in [6, 6.07) is 5.84. The molecule has 0 radical (unpaired) electrons. The molecule has 2 aliphatic rings. The Morgan fingerprint density at radius 3 is 2.79 bits per heavy atom. The van der Waals surface area contributed by atoms with Crippen LogP contribution in [-0.4, -0.2) is 69.2 Å². The van der Waals surface area contributed by atoms with Crippen LogP contribution in [0.4, 0.5) is 4.79 Å². The number of carbonyl (C=O) groups excluding carboxylic acids is 2. The number of nitrogens with zero attached hydrogens (tertiary/aromatic N) is 5. The number of fused-ring (bicyclic) bond motifs is 1. The van der Waals surface area contributed by atoms with E-state index in [1.165, 1.54) is 4.90 Å². The van der Waals surface area contributed by atoms with Crippen molar-refractivity contribution in [2.45, 2.75) is 18.8 Å². The van der Waals surface area contributed by atoms with Crippen molar-refractivity contribution in [3.63, 3.8) is 0 Å². The minimum atomic E-state index is -0.395. The molecule has 126 valence electrons. The predicted molar refractivity (Wildman–Crippen MR) is 84.5 cm³/mol. The fourth-order valence-electron chi connectivity index (χ4n) is 3.36. The number of carbonyl (C=O) groups is 2. The molecule has 0 N–H and O–H groups in total. The molecule has 2 amide bonds. The van der Waals surface area contributed by atoms with Crippen LogP contribution in [0.25, 0.3) is 5.65 Å². The number of cyclic esters (lactones) is 1. The van der Waals surface area contributed by atoms with Gasteiger partial charge in [-0.05, 0) is 25.0 Å². The van der Waals surface area contributed by atoms with Crippen molar-refractivity contribution in [3.8, 4) is 0 Å². The predicted octanol–water partition coefficient (Wildman–Crippen LogP) is 0.887. The van der Waals surface area contributed by atoms with Crippen molar-refractivity contribution < 1.29 is 14.3 Å². The van der Waals surface area contributed by atoms with Crippen LogP contribution in [0.1, 0.15) is 24.6 Å². The number of rotatable bonds is 3. The first-order chi connectivity index (χ1) is 11.7. The molecular weight excluding hydrogens is 310 g/mol. The largest absolute Gasteiger partial charge is 0.448 e. The van der Waals surface area contributed by atoms with Crippen LogP contribution in [0.5, 0.6) is 0 Å². The second-order valence-corrected chi connectivity index (χ2v) is 6.18. The van der Waals surface area contributed by atoms with Crippen LogP contribution < -0.4 is 0 Å². The third-order valence-corrected chi connectivity index (χ3v) is 4.72. The highest BCUT2D eigenvalue weighted by molar-refractivity contribution is 5.83. The van der Waals surface area contributed by atoms with E-state index in [1.54, 1.807) is 0 Å². The summed E-state index contributed by atoms with van der Waals surface area (Å²) in [5.41, 5.74) is 0.846. The van der Waals surface area contributed by atoms with Crippen LogP contribution in [0.2, 0.25) is 0 Å². The molecule has 0 spiro atoms. The lowest BCUT2D eigenvalue weighted by Gasteiger charge is -2.32. The normalized spacial score (nSPS) is 19.1. The maximum absolute atomic E-state index is 12.3. The fourth-order valence-corrected chi connectivity index (χ4v) is 3.36. The van der Waals surface area contributed by atoms with Gasteiger partial charge in [-0.2, -0.15) is 0 Å². The molecule has 2 aromatic heterocycles. The first-order valence-corrected chi connectivity index (χ1v) is 8.21. The first-order valence-electron chi connectivity index (χ1n) is 8.21. The highest BCUT2D eigenvalue weighted by atomic mass is 16.6. The molecule has 2 saturated heterocycles. The van der Waals surface area contributed by atoms with Gasteiger partial charge in [0.15, 0.2) is 5.65 Å². The smallest absolute Gasteiger partial charge is 0.410 e. The second-order valence-electron chi connectivity index (χ2n) is 6.18. The minimum absolute atomic E-state index is 0.0154. The first kappa shape index (κ1) is 14.9. The standard InChI is InChI=1S/C16H19N5O3/c22-14(11-20-9-10-24-16(20)23)19-7-4-12(5-8-19)15-18-17-13-3-1-2-6-21(13)15/h1-3,6,12H,4-5,7-11H2. The second kappa shape index (κ2) is 6.10. The number of pyridine rings is 1. The lowest BCUT2D eigenvalue weighted by molar-refractivity contribution is -0.132. The minimum Gasteiger partial charge on any atom is -0.448 e. The van der Waals surface area contributed by atoms with Gasteiger partial charge in [0, 0.05) is 25.2 Å². The Bertz CT molecular complexity index is 766. The lowest BCUT2D eigenvalue weighted by atomic mass is 9.96. The van der Waals surface area contributed by atoms with E-state index in [0.29, 0.717) is 32.2 Å². The van der Waals surface area contributed by atoms with E-state index in [1.807, 2.05) is 33.7 Å². The summed E-state index contributed by atoms with van der Waals surface area (Å²) in [5, 5.41) is 8.52. The molecule has 4 heterocycles. The number of amides is 2. The Kier molecular flexibility index (Phi) is 3.79. The molecule has 0 unspecified atom stereocenters. The fraction of sp³-hybridized carbons (Fsp3) is 0.500. The van der Waals surface area contributed by atoms with Crippen molar-refractivity contribution >= 4 is 17.6 Å². The summed E-state index contributed by atoms with van der Waals surface area (Å²) in [6.07, 6.45) is 3.28. The van der Waals surface area contributed by atoms with Crippen molar-refractivity contribution in [1.29, 1.82) is 0 Å². The molecule has 0 aliphatic carbocycles. The van der Waals surface area contributed by atoms with Gasteiger partial charge in [0.05, 0.1) is 6.54 Å². The molecule has 2 fully saturated rings. The van der Waals surface area contributed by atoms with E-state index in [0.717, 1.165) is 24.3 Å². The van der Waals surface area contributed by atoms with Gasteiger partial charge in [-0.1, -0.05) is 6.07 Å². The molecule has 2 aromatic rings. The van der Waals surface area contributed by atoms with Gasteiger partial charge in [0.25, 0.3) is 0 Å². The van der Waals surface area contributed by atoms with E-state index < -0.39 is 6.09 Å². The van der Waals surface area contributed by atoms with Gasteiger partial charge in [0.1, 0.15) is 19.0 Å². The number of ether oxygens (including phenoxy) is 1. The Morgan fingerprint density at radius 2 is 2.04 bits per heavy atom. The summed E-state index contributed by atoms with van der Waals surface area (Å²) in [7, 11) is 0. The third kappa shape index (κ3) is 2.68. The van der Waals surface area contributed by atoms with Crippen LogP contribution in [0.3, 0.4) is 0 Å². The SMILES string of the molecule is O=C(CN1CCOC1=O)N1CCC(c2nnc3ccccn23)CC1. The highest BCUT2D eigenvalue weighted by Crippen LogP contribution is 2.27. The van der Waals surface area contributed by atoms with Crippen LogP contribution in [0.15, 0.2) is 24.4 Å². The topological polar surface area (TPSA) is 80.0 Å². The zero-order chi connectivity index (χ0) is 16.5. The maximum Gasteiger partial charge on any atom is 0.410 e. The molecule has 0 atom stereocenters. The average Bonchev–Trinajstić information content (AvgIpc) is 3.21. The zero-order valence-corrected chi connectivity index (χ0v) is 13.3. The summed E-state index contributed by atoms with van der Waals surface area (Å²) in [4.78, 5) is 27.1. The maximum atomic E-state index is 12.3. The Hall–Kier alpha value is -2.64. The highest BCUT2D eigenvalue weighted by Gasteiger charge is 2.30. The summed E-state index contributed by atoms with van der Waals surface area (Å²) >= 11 is 0. The number of piperidine rings is 1. The Labute approximate surface area is 139 Å².